The number of nitrogens with zero attached hydrogens (tertiary/aromatic N) is 2. The first-order valence-corrected chi connectivity index (χ1v) is 3.10. The molecule has 1 rings (SSSR count). The molecule has 0 fully saturated rings. The molecule has 1 heterocycles. The highest BCUT2D eigenvalue weighted by molar-refractivity contribution is 5.29. The molecule has 0 aliphatic heterocycles. The van der Waals surface area contributed by atoms with E-state index in [0.717, 1.165) is 6.20 Å². The van der Waals surface area contributed by atoms with Crippen LogP contribution in [0.1, 0.15) is 0 Å². The minimum Gasteiger partial charge on any atom is -0.366 e. The molecule has 0 saturated carbocycles. The molecule has 0 aliphatic rings. The van der Waals surface area contributed by atoms with E-state index in [1.165, 1.54) is 6.20 Å². The van der Waals surface area contributed by atoms with E-state index in [1.807, 2.05) is 0 Å². The lowest BCUT2D eigenvalue weighted by molar-refractivity contribution is 0.511. The van der Waals surface area contributed by atoms with Gasteiger partial charge in [-0.3, -0.25) is 4.98 Å². The lowest BCUT2D eigenvalue weighted by Gasteiger charge is -1.99. The first-order valence-electron chi connectivity index (χ1n) is 3.10. The van der Waals surface area contributed by atoms with Gasteiger partial charge in [0, 0.05) is 6.54 Å². The van der Waals surface area contributed by atoms with E-state index >= 15 is 0 Å². The summed E-state index contributed by atoms with van der Waals surface area (Å²) in [5.74, 6) is -0.420. The van der Waals surface area contributed by atoms with Gasteiger partial charge in [0.1, 0.15) is 12.5 Å². The number of hydrogen-bond acceptors (Lipinski definition) is 3. The Hall–Kier alpha value is -1.26. The number of nitrogens with one attached hydrogen (secondary N) is 1. The Balaban J connectivity index is 2.56. The van der Waals surface area contributed by atoms with Gasteiger partial charge in [0.15, 0.2) is 0 Å². The molecule has 5 heteroatoms. The lowest BCUT2D eigenvalue weighted by atomic mass is 10.6. The molecule has 0 spiro atoms. The van der Waals surface area contributed by atoms with Crippen LogP contribution in [0.5, 0.6) is 0 Å². The lowest BCUT2D eigenvalue weighted by Crippen LogP contribution is -2.05. The van der Waals surface area contributed by atoms with Gasteiger partial charge in [0.2, 0.25) is 5.95 Å². The van der Waals surface area contributed by atoms with E-state index < -0.39 is 12.6 Å². The van der Waals surface area contributed by atoms with E-state index in [0.29, 0.717) is 0 Å². The molecule has 0 atom stereocenters. The van der Waals surface area contributed by atoms with Gasteiger partial charge >= 0.3 is 0 Å². The first kappa shape index (κ1) is 7.84. The molecular formula is C6H7F2N3. The molecular weight excluding hydrogens is 152 g/mol. The second-order valence-electron chi connectivity index (χ2n) is 1.84. The van der Waals surface area contributed by atoms with Crippen LogP contribution in [0, 0.1) is 5.95 Å². The Labute approximate surface area is 62.5 Å². The van der Waals surface area contributed by atoms with Crippen LogP contribution in [-0.4, -0.2) is 23.2 Å². The minimum absolute atomic E-state index is 0.123. The summed E-state index contributed by atoms with van der Waals surface area (Å²) in [6, 6.07) is 0. The van der Waals surface area contributed by atoms with Crippen LogP contribution in [0.3, 0.4) is 0 Å². The maximum atomic E-state index is 12.3. The molecule has 0 saturated heterocycles. The van der Waals surface area contributed by atoms with Crippen molar-refractivity contribution in [1.82, 2.24) is 9.97 Å². The highest BCUT2D eigenvalue weighted by Gasteiger charge is 1.94. The van der Waals surface area contributed by atoms with Gasteiger partial charge in [-0.15, -0.1) is 0 Å². The molecule has 0 aliphatic carbocycles. The number of alkyl halides is 1. The van der Waals surface area contributed by atoms with Crippen molar-refractivity contribution < 1.29 is 8.78 Å². The third-order valence-corrected chi connectivity index (χ3v) is 1.01. The zero-order valence-corrected chi connectivity index (χ0v) is 5.72. The summed E-state index contributed by atoms with van der Waals surface area (Å²) in [7, 11) is 0. The molecule has 0 amide bonds. The number of hydrogen-bond donors (Lipinski definition) is 1. The number of rotatable bonds is 3. The zero-order valence-electron chi connectivity index (χ0n) is 5.72. The minimum atomic E-state index is -0.672. The molecule has 0 radical (unpaired) electrons. The molecule has 0 bridgehead atoms. The van der Waals surface area contributed by atoms with Crippen LogP contribution in [0.2, 0.25) is 0 Å². The van der Waals surface area contributed by atoms with Crippen molar-refractivity contribution >= 4 is 5.82 Å². The van der Waals surface area contributed by atoms with E-state index in [1.54, 1.807) is 0 Å². The van der Waals surface area contributed by atoms with Crippen molar-refractivity contribution in [1.29, 1.82) is 0 Å². The van der Waals surface area contributed by atoms with Crippen LogP contribution < -0.4 is 5.32 Å². The van der Waals surface area contributed by atoms with Gasteiger partial charge in [0.25, 0.3) is 0 Å². The van der Waals surface area contributed by atoms with Crippen LogP contribution in [-0.2, 0) is 0 Å². The summed E-state index contributed by atoms with van der Waals surface area (Å²) in [6.07, 6.45) is 2.32. The maximum Gasteiger partial charge on any atom is 0.233 e. The molecule has 1 aromatic rings. The summed E-state index contributed by atoms with van der Waals surface area (Å²) < 4.78 is 23.9. The third kappa shape index (κ3) is 2.45. The van der Waals surface area contributed by atoms with Gasteiger partial charge in [-0.25, -0.2) is 4.39 Å². The monoisotopic (exact) mass is 159 g/mol. The molecule has 11 heavy (non-hydrogen) atoms. The Morgan fingerprint density at radius 2 is 2.27 bits per heavy atom. The van der Waals surface area contributed by atoms with Gasteiger partial charge in [0.05, 0.1) is 12.4 Å². The van der Waals surface area contributed by atoms with E-state index in [9.17, 15) is 8.78 Å². The topological polar surface area (TPSA) is 37.8 Å². The highest BCUT2D eigenvalue weighted by Crippen LogP contribution is 1.99. The Kier molecular flexibility index (Phi) is 2.71. The maximum absolute atomic E-state index is 12.3. The van der Waals surface area contributed by atoms with Crippen molar-refractivity contribution in [3.05, 3.63) is 18.3 Å². The van der Waals surface area contributed by atoms with Crippen molar-refractivity contribution in [2.75, 3.05) is 18.5 Å². The third-order valence-electron chi connectivity index (χ3n) is 1.01. The second-order valence-corrected chi connectivity index (χ2v) is 1.84. The van der Waals surface area contributed by atoms with Crippen LogP contribution in [0.15, 0.2) is 12.4 Å². The Bertz CT molecular complexity index is 229. The van der Waals surface area contributed by atoms with Crippen LogP contribution in [0.25, 0.3) is 0 Å². The van der Waals surface area contributed by atoms with Crippen LogP contribution >= 0.6 is 0 Å². The van der Waals surface area contributed by atoms with E-state index in [4.69, 9.17) is 0 Å². The van der Waals surface area contributed by atoms with Crippen molar-refractivity contribution in [3.8, 4) is 0 Å². The van der Waals surface area contributed by atoms with Crippen molar-refractivity contribution in [3.63, 3.8) is 0 Å². The molecule has 1 N–H and O–H groups in total. The highest BCUT2D eigenvalue weighted by atomic mass is 19.1. The zero-order chi connectivity index (χ0) is 8.10. The summed E-state index contributed by atoms with van der Waals surface area (Å²) >= 11 is 0. The molecule has 60 valence electrons. The SMILES string of the molecule is FCCNc1cncc(F)n1. The Morgan fingerprint density at radius 1 is 1.45 bits per heavy atom. The summed E-state index contributed by atoms with van der Waals surface area (Å²) in [4.78, 5) is 6.92. The average Bonchev–Trinajstić information content (AvgIpc) is 2.01. The number of anilines is 1. The summed E-state index contributed by atoms with van der Waals surface area (Å²) in [6.45, 7) is -0.393. The summed E-state index contributed by atoms with van der Waals surface area (Å²) in [5, 5.41) is 2.55. The smallest absolute Gasteiger partial charge is 0.233 e. The van der Waals surface area contributed by atoms with E-state index in [2.05, 4.69) is 15.3 Å². The van der Waals surface area contributed by atoms with Crippen LogP contribution in [0.4, 0.5) is 14.6 Å². The molecule has 0 aromatic carbocycles. The first-order chi connectivity index (χ1) is 5.33. The normalized spacial score (nSPS) is 9.64. The molecule has 0 unspecified atom stereocenters. The van der Waals surface area contributed by atoms with Crippen molar-refractivity contribution in [2.24, 2.45) is 0 Å². The summed E-state index contributed by atoms with van der Waals surface area (Å²) in [5.41, 5.74) is 0. The van der Waals surface area contributed by atoms with Gasteiger partial charge < -0.3 is 5.32 Å². The second kappa shape index (κ2) is 3.80. The van der Waals surface area contributed by atoms with Gasteiger partial charge in [-0.2, -0.15) is 9.37 Å². The van der Waals surface area contributed by atoms with E-state index in [-0.39, 0.29) is 12.4 Å². The number of aromatic nitrogens is 2. The Morgan fingerprint density at radius 3 is 2.91 bits per heavy atom. The molecule has 3 nitrogen and oxygen atoms in total. The average molecular weight is 159 g/mol. The largest absolute Gasteiger partial charge is 0.366 e. The fourth-order valence-electron chi connectivity index (χ4n) is 0.603. The predicted molar refractivity (Wildman–Crippen MR) is 36.5 cm³/mol. The fraction of sp³-hybridized carbons (Fsp3) is 0.333. The van der Waals surface area contributed by atoms with Crippen molar-refractivity contribution in [2.45, 2.75) is 0 Å². The molecule has 1 aromatic heterocycles. The fourth-order valence-corrected chi connectivity index (χ4v) is 0.603. The standard InChI is InChI=1S/C6H7F2N3/c7-1-2-10-6-4-9-3-5(8)11-6/h3-4H,1-2H2,(H,10,11). The predicted octanol–water partition coefficient (Wildman–Crippen LogP) is 0.997. The van der Waals surface area contributed by atoms with Gasteiger partial charge in [-0.05, 0) is 0 Å². The van der Waals surface area contributed by atoms with Gasteiger partial charge in [-0.1, -0.05) is 0 Å². The number of halogens is 2. The quantitative estimate of drug-likeness (QED) is 0.714.